The van der Waals surface area contributed by atoms with E-state index in [4.69, 9.17) is 37.1 Å². The highest BCUT2D eigenvalue weighted by atomic mass is 35.5. The predicted molar refractivity (Wildman–Crippen MR) is 130 cm³/mol. The van der Waals surface area contributed by atoms with Crippen molar-refractivity contribution in [2.75, 3.05) is 7.11 Å². The number of hydrogen-bond donors (Lipinski definition) is 0. The quantitative estimate of drug-likeness (QED) is 0.169. The number of allylic oxidation sites excluding steroid dienone is 1. The summed E-state index contributed by atoms with van der Waals surface area (Å²) in [6.45, 7) is 0.321. The van der Waals surface area contributed by atoms with Crippen molar-refractivity contribution in [3.63, 3.8) is 0 Å². The van der Waals surface area contributed by atoms with E-state index in [2.05, 4.69) is 0 Å². The third kappa shape index (κ3) is 5.45. The molecule has 0 spiro atoms. The molecule has 1 aromatic heterocycles. The molecule has 0 amide bonds. The Kier molecular flexibility index (Phi) is 6.82. The van der Waals surface area contributed by atoms with Crippen LogP contribution in [0.1, 0.15) is 21.5 Å². The molecule has 166 valence electrons. The van der Waals surface area contributed by atoms with Crippen LogP contribution in [0.25, 0.3) is 17.0 Å². The Morgan fingerprint density at radius 3 is 2.64 bits per heavy atom. The van der Waals surface area contributed by atoms with E-state index in [0.29, 0.717) is 38.9 Å². The van der Waals surface area contributed by atoms with Crippen molar-refractivity contribution in [1.82, 2.24) is 0 Å². The van der Waals surface area contributed by atoms with Gasteiger partial charge in [-0.3, -0.25) is 4.79 Å². The molecule has 1 heterocycles. The molecule has 0 N–H and O–H groups in total. The van der Waals surface area contributed by atoms with Crippen molar-refractivity contribution in [3.05, 3.63) is 110 Å². The molecular formula is C26H18Cl2O5. The van der Waals surface area contributed by atoms with Gasteiger partial charge in [-0.15, -0.1) is 0 Å². The lowest BCUT2D eigenvalue weighted by Crippen LogP contribution is -2.12. The molecule has 0 radical (unpaired) electrons. The molecule has 0 bridgehead atoms. The van der Waals surface area contributed by atoms with Crippen LogP contribution in [0.3, 0.4) is 0 Å². The lowest BCUT2D eigenvalue weighted by molar-refractivity contribution is 0.104. The molecule has 0 aliphatic rings. The van der Waals surface area contributed by atoms with Crippen molar-refractivity contribution >= 4 is 46.0 Å². The number of carbonyl (C=O) groups excluding carboxylic acids is 1. The van der Waals surface area contributed by atoms with E-state index in [-0.39, 0.29) is 5.56 Å². The first kappa shape index (κ1) is 22.6. The number of rotatable bonds is 7. The Morgan fingerprint density at radius 2 is 1.85 bits per heavy atom. The van der Waals surface area contributed by atoms with E-state index in [9.17, 15) is 9.59 Å². The summed E-state index contributed by atoms with van der Waals surface area (Å²) in [5.41, 5.74) is 1.06. The standard InChI is InChI=1S/C26H18Cl2O5/c1-31-20-4-2-3-16(11-20)15-32-21-9-6-18-12-22(26(30)33-25(18)14-21)24(29)10-7-17-5-8-19(27)13-23(17)28/h2-14H,15H2,1H3/b10-7+. The van der Waals surface area contributed by atoms with Gasteiger partial charge in [0.25, 0.3) is 0 Å². The SMILES string of the molecule is COc1cccc(COc2ccc3cc(C(=O)/C=C/c4ccc(Cl)cc4Cl)c(=O)oc3c2)c1. The van der Waals surface area contributed by atoms with Gasteiger partial charge in [-0.05, 0) is 65.7 Å². The Morgan fingerprint density at radius 1 is 1.00 bits per heavy atom. The van der Waals surface area contributed by atoms with E-state index in [1.165, 1.54) is 18.2 Å². The predicted octanol–water partition coefficient (Wildman–Crippen LogP) is 6.58. The minimum absolute atomic E-state index is 0.0751. The summed E-state index contributed by atoms with van der Waals surface area (Å²) in [5.74, 6) is 0.782. The molecule has 33 heavy (non-hydrogen) atoms. The third-order valence-corrected chi connectivity index (χ3v) is 5.45. The van der Waals surface area contributed by atoms with Crippen molar-refractivity contribution in [2.24, 2.45) is 0 Å². The first-order valence-electron chi connectivity index (χ1n) is 9.94. The highest BCUT2D eigenvalue weighted by molar-refractivity contribution is 6.35. The second-order valence-electron chi connectivity index (χ2n) is 7.15. The van der Waals surface area contributed by atoms with Crippen LogP contribution < -0.4 is 15.1 Å². The maximum Gasteiger partial charge on any atom is 0.347 e. The van der Waals surface area contributed by atoms with Gasteiger partial charge >= 0.3 is 5.63 Å². The van der Waals surface area contributed by atoms with Gasteiger partial charge < -0.3 is 13.9 Å². The molecule has 0 fully saturated rings. The van der Waals surface area contributed by atoms with Gasteiger partial charge in [0.2, 0.25) is 0 Å². The second-order valence-corrected chi connectivity index (χ2v) is 7.99. The Hall–Kier alpha value is -3.54. The van der Waals surface area contributed by atoms with Gasteiger partial charge in [0.05, 0.1) is 7.11 Å². The molecule has 5 nitrogen and oxygen atoms in total. The van der Waals surface area contributed by atoms with E-state index in [1.807, 2.05) is 24.3 Å². The zero-order valence-corrected chi connectivity index (χ0v) is 19.0. The summed E-state index contributed by atoms with van der Waals surface area (Å²) < 4.78 is 16.4. The van der Waals surface area contributed by atoms with Gasteiger partial charge in [-0.1, -0.05) is 41.4 Å². The zero-order valence-electron chi connectivity index (χ0n) is 17.5. The first-order valence-corrected chi connectivity index (χ1v) is 10.7. The molecule has 0 aliphatic carbocycles. The van der Waals surface area contributed by atoms with Crippen LogP contribution in [-0.4, -0.2) is 12.9 Å². The molecule has 3 aromatic carbocycles. The fraction of sp³-hybridized carbons (Fsp3) is 0.0769. The average molecular weight is 481 g/mol. The molecule has 0 aliphatic heterocycles. The lowest BCUT2D eigenvalue weighted by atomic mass is 10.1. The highest BCUT2D eigenvalue weighted by Gasteiger charge is 2.12. The summed E-state index contributed by atoms with van der Waals surface area (Å²) in [4.78, 5) is 25.0. The van der Waals surface area contributed by atoms with Crippen molar-refractivity contribution in [2.45, 2.75) is 6.61 Å². The van der Waals surface area contributed by atoms with Crippen LogP contribution >= 0.6 is 23.2 Å². The molecule has 0 saturated heterocycles. The molecule has 4 aromatic rings. The number of fused-ring (bicyclic) bond motifs is 1. The molecule has 0 saturated carbocycles. The van der Waals surface area contributed by atoms with E-state index in [1.54, 1.807) is 43.5 Å². The van der Waals surface area contributed by atoms with Gasteiger partial charge in [-0.25, -0.2) is 4.79 Å². The zero-order chi connectivity index (χ0) is 23.4. The number of halogens is 2. The van der Waals surface area contributed by atoms with Gasteiger partial charge in [0.1, 0.15) is 29.3 Å². The molecule has 0 atom stereocenters. The maximum atomic E-state index is 12.6. The van der Waals surface area contributed by atoms with Crippen LogP contribution in [0.2, 0.25) is 10.0 Å². The Labute approximate surface area is 199 Å². The first-order chi connectivity index (χ1) is 15.9. The van der Waals surface area contributed by atoms with E-state index in [0.717, 1.165) is 11.3 Å². The molecule has 7 heteroatoms. The van der Waals surface area contributed by atoms with Crippen molar-refractivity contribution in [3.8, 4) is 11.5 Å². The van der Waals surface area contributed by atoms with E-state index < -0.39 is 11.4 Å². The van der Waals surface area contributed by atoms with Gasteiger partial charge in [-0.2, -0.15) is 0 Å². The smallest absolute Gasteiger partial charge is 0.347 e. The molecule has 0 unspecified atom stereocenters. The van der Waals surface area contributed by atoms with E-state index >= 15 is 0 Å². The number of carbonyl (C=O) groups is 1. The Balaban J connectivity index is 1.53. The second kappa shape index (κ2) is 9.94. The summed E-state index contributed by atoms with van der Waals surface area (Å²) in [6, 6.07) is 19.1. The summed E-state index contributed by atoms with van der Waals surface area (Å²) in [7, 11) is 1.60. The van der Waals surface area contributed by atoms with Crippen LogP contribution in [-0.2, 0) is 6.61 Å². The highest BCUT2D eigenvalue weighted by Crippen LogP contribution is 2.24. The Bertz CT molecular complexity index is 1420. The van der Waals surface area contributed by atoms with Crippen LogP contribution in [0.4, 0.5) is 0 Å². The van der Waals surface area contributed by atoms with Gasteiger partial charge in [0.15, 0.2) is 5.78 Å². The van der Waals surface area contributed by atoms with Crippen LogP contribution in [0.5, 0.6) is 11.5 Å². The van der Waals surface area contributed by atoms with Crippen LogP contribution in [0.15, 0.2) is 82.0 Å². The summed E-state index contributed by atoms with van der Waals surface area (Å²) in [5, 5.41) is 1.49. The molecule has 4 rings (SSSR count). The minimum Gasteiger partial charge on any atom is -0.497 e. The normalized spacial score (nSPS) is 11.1. The van der Waals surface area contributed by atoms with Crippen molar-refractivity contribution in [1.29, 1.82) is 0 Å². The number of benzene rings is 3. The topological polar surface area (TPSA) is 65.7 Å². The fourth-order valence-electron chi connectivity index (χ4n) is 3.17. The largest absolute Gasteiger partial charge is 0.497 e. The average Bonchev–Trinajstić information content (AvgIpc) is 2.81. The summed E-state index contributed by atoms with van der Waals surface area (Å²) in [6.07, 6.45) is 2.80. The number of ketones is 1. The minimum atomic E-state index is -0.732. The number of ether oxygens (including phenoxy) is 2. The molecular weight excluding hydrogens is 463 g/mol. The number of hydrogen-bond acceptors (Lipinski definition) is 5. The lowest BCUT2D eigenvalue weighted by Gasteiger charge is -2.08. The summed E-state index contributed by atoms with van der Waals surface area (Å²) >= 11 is 12.0. The van der Waals surface area contributed by atoms with Gasteiger partial charge in [0, 0.05) is 21.5 Å². The van der Waals surface area contributed by atoms with Crippen molar-refractivity contribution < 1.29 is 18.7 Å². The van der Waals surface area contributed by atoms with Crippen LogP contribution in [0, 0.1) is 0 Å². The maximum absolute atomic E-state index is 12.6. The monoisotopic (exact) mass is 480 g/mol. The number of methoxy groups -OCH3 is 1. The third-order valence-electron chi connectivity index (χ3n) is 4.89. The fourth-order valence-corrected chi connectivity index (χ4v) is 3.65.